The zero-order chi connectivity index (χ0) is 16.1. The van der Waals surface area contributed by atoms with E-state index in [1.807, 2.05) is 61.5 Å². The normalized spacial score (nSPS) is 18.5. The fourth-order valence-corrected chi connectivity index (χ4v) is 2.97. The van der Waals surface area contributed by atoms with Gasteiger partial charge in [0, 0.05) is 6.20 Å². The molecule has 2 aromatic rings. The summed E-state index contributed by atoms with van der Waals surface area (Å²) in [6.45, 7) is 1.98. The van der Waals surface area contributed by atoms with Crippen LogP contribution in [-0.2, 0) is 4.79 Å². The molecule has 1 aliphatic heterocycles. The van der Waals surface area contributed by atoms with Crippen LogP contribution < -0.4 is 5.32 Å². The van der Waals surface area contributed by atoms with E-state index >= 15 is 0 Å². The molecule has 0 saturated carbocycles. The Labute approximate surface area is 139 Å². The van der Waals surface area contributed by atoms with Gasteiger partial charge in [-0.3, -0.25) is 9.78 Å². The Morgan fingerprint density at radius 1 is 1.22 bits per heavy atom. The van der Waals surface area contributed by atoms with Gasteiger partial charge in [0.05, 0.1) is 16.8 Å². The molecule has 0 radical (unpaired) electrons. The van der Waals surface area contributed by atoms with Gasteiger partial charge >= 0.3 is 0 Å². The molecule has 23 heavy (non-hydrogen) atoms. The van der Waals surface area contributed by atoms with Crippen LogP contribution in [0.15, 0.2) is 76.4 Å². The Balaban J connectivity index is 1.77. The van der Waals surface area contributed by atoms with E-state index in [9.17, 15) is 4.79 Å². The summed E-state index contributed by atoms with van der Waals surface area (Å²) >= 11 is 1.33. The Hall–Kier alpha value is -2.66. The van der Waals surface area contributed by atoms with Crippen molar-refractivity contribution >= 4 is 34.6 Å². The van der Waals surface area contributed by atoms with Crippen LogP contribution in [0.25, 0.3) is 6.08 Å². The minimum atomic E-state index is -0.126. The second-order valence-electron chi connectivity index (χ2n) is 4.99. The molecule has 0 aliphatic carbocycles. The molecule has 0 unspecified atom stereocenters. The first-order chi connectivity index (χ1) is 11.2. The predicted octanol–water partition coefficient (Wildman–Crippen LogP) is 3.92. The van der Waals surface area contributed by atoms with E-state index in [-0.39, 0.29) is 5.91 Å². The Morgan fingerprint density at radius 2 is 2.04 bits per heavy atom. The summed E-state index contributed by atoms with van der Waals surface area (Å²) in [7, 11) is 0. The van der Waals surface area contributed by atoms with Crippen LogP contribution in [0.3, 0.4) is 0 Å². The van der Waals surface area contributed by atoms with E-state index in [2.05, 4.69) is 15.3 Å². The molecule has 0 spiro atoms. The second-order valence-corrected chi connectivity index (χ2v) is 6.02. The van der Waals surface area contributed by atoms with Crippen molar-refractivity contribution in [1.82, 2.24) is 10.3 Å². The van der Waals surface area contributed by atoms with Crippen LogP contribution in [0, 0.1) is 0 Å². The summed E-state index contributed by atoms with van der Waals surface area (Å²) in [6, 6.07) is 13.7. The number of carbonyl (C=O) groups is 1. The lowest BCUT2D eigenvalue weighted by Gasteiger charge is -1.96. The largest absolute Gasteiger partial charge is 0.300 e. The highest BCUT2D eigenvalue weighted by molar-refractivity contribution is 8.18. The lowest BCUT2D eigenvalue weighted by Crippen LogP contribution is -2.19. The van der Waals surface area contributed by atoms with Gasteiger partial charge in [0.15, 0.2) is 5.17 Å². The maximum absolute atomic E-state index is 12.0. The fraction of sp³-hybridized carbons (Fsp3) is 0.0556. The molecule has 1 N–H and O–H groups in total. The van der Waals surface area contributed by atoms with Gasteiger partial charge in [0.1, 0.15) is 0 Å². The topological polar surface area (TPSA) is 54.4 Å². The number of amides is 1. The molecule has 1 aliphatic rings. The number of rotatable bonds is 3. The highest BCUT2D eigenvalue weighted by Crippen LogP contribution is 2.27. The number of benzene rings is 1. The van der Waals surface area contributed by atoms with Gasteiger partial charge in [0.2, 0.25) is 0 Å². The third-order valence-electron chi connectivity index (χ3n) is 3.08. The average Bonchev–Trinajstić information content (AvgIpc) is 2.88. The number of allylic oxidation sites excluding steroid dienone is 2. The molecular formula is C18H15N3OS. The van der Waals surface area contributed by atoms with E-state index < -0.39 is 0 Å². The van der Waals surface area contributed by atoms with Crippen molar-refractivity contribution in [2.75, 3.05) is 0 Å². The molecular weight excluding hydrogens is 306 g/mol. The lowest BCUT2D eigenvalue weighted by molar-refractivity contribution is -0.115. The quantitative estimate of drug-likeness (QED) is 0.872. The highest BCUT2D eigenvalue weighted by atomic mass is 32.2. The van der Waals surface area contributed by atoms with Crippen LogP contribution in [0.5, 0.6) is 0 Å². The maximum atomic E-state index is 12.0. The summed E-state index contributed by atoms with van der Waals surface area (Å²) in [4.78, 5) is 21.1. The monoisotopic (exact) mass is 321 g/mol. The van der Waals surface area contributed by atoms with Gasteiger partial charge in [-0.05, 0) is 48.0 Å². The first-order valence-electron chi connectivity index (χ1n) is 7.14. The summed E-state index contributed by atoms with van der Waals surface area (Å²) < 4.78 is 0. The molecule has 1 aromatic carbocycles. The number of nitrogens with one attached hydrogen (secondary N) is 1. The Bertz CT molecular complexity index is 796. The molecule has 3 rings (SSSR count). The van der Waals surface area contributed by atoms with E-state index in [4.69, 9.17) is 0 Å². The molecule has 5 heteroatoms. The third-order valence-corrected chi connectivity index (χ3v) is 3.99. The van der Waals surface area contributed by atoms with Crippen molar-refractivity contribution in [2.45, 2.75) is 6.92 Å². The van der Waals surface area contributed by atoms with Gasteiger partial charge in [0.25, 0.3) is 5.91 Å². The van der Waals surface area contributed by atoms with E-state index in [0.717, 1.165) is 11.1 Å². The molecule has 1 aromatic heterocycles. The van der Waals surface area contributed by atoms with Crippen molar-refractivity contribution in [3.8, 4) is 0 Å². The summed E-state index contributed by atoms with van der Waals surface area (Å²) in [5.41, 5.74) is 2.83. The molecule has 4 nitrogen and oxygen atoms in total. The van der Waals surface area contributed by atoms with E-state index in [1.54, 1.807) is 12.4 Å². The van der Waals surface area contributed by atoms with Crippen molar-refractivity contribution in [2.24, 2.45) is 4.99 Å². The van der Waals surface area contributed by atoms with Crippen LogP contribution in [0.2, 0.25) is 0 Å². The summed E-state index contributed by atoms with van der Waals surface area (Å²) in [5, 5.41) is 3.34. The maximum Gasteiger partial charge on any atom is 0.264 e. The molecule has 0 atom stereocenters. The predicted molar refractivity (Wildman–Crippen MR) is 95.2 cm³/mol. The number of carbonyl (C=O) groups excluding carboxylic acids is 1. The molecule has 114 valence electrons. The smallest absolute Gasteiger partial charge is 0.264 e. The third kappa shape index (κ3) is 4.17. The minimum absolute atomic E-state index is 0.126. The zero-order valence-electron chi connectivity index (χ0n) is 12.6. The number of amidine groups is 1. The first kappa shape index (κ1) is 15.2. The second kappa shape index (κ2) is 7.07. The lowest BCUT2D eigenvalue weighted by atomic mass is 10.1. The van der Waals surface area contributed by atoms with Crippen molar-refractivity contribution < 1.29 is 4.79 Å². The molecule has 1 fully saturated rings. The Kier molecular flexibility index (Phi) is 4.68. The summed E-state index contributed by atoms with van der Waals surface area (Å²) in [5.74, 6) is -0.126. The van der Waals surface area contributed by atoms with Gasteiger partial charge in [-0.25, -0.2) is 4.99 Å². The average molecular weight is 321 g/mol. The number of aromatic nitrogens is 1. The minimum Gasteiger partial charge on any atom is -0.300 e. The number of hydrogen-bond donors (Lipinski definition) is 1. The van der Waals surface area contributed by atoms with Crippen molar-refractivity contribution in [3.63, 3.8) is 0 Å². The zero-order valence-corrected chi connectivity index (χ0v) is 13.4. The highest BCUT2D eigenvalue weighted by Gasteiger charge is 2.23. The number of aliphatic imine (C=N–C) groups is 1. The number of thioether (sulfide) groups is 1. The van der Waals surface area contributed by atoms with Gasteiger partial charge in [-0.15, -0.1) is 0 Å². The SMILES string of the molecule is CC(=C/c1ccccc1)/C=C1/SC(=Nc2cccnc2)NC1=O. The number of pyridine rings is 1. The molecule has 1 amide bonds. The van der Waals surface area contributed by atoms with Crippen molar-refractivity contribution in [1.29, 1.82) is 0 Å². The van der Waals surface area contributed by atoms with Crippen LogP contribution in [0.1, 0.15) is 12.5 Å². The first-order valence-corrected chi connectivity index (χ1v) is 7.95. The molecule has 2 heterocycles. The van der Waals surface area contributed by atoms with E-state index in [1.165, 1.54) is 11.8 Å². The Morgan fingerprint density at radius 3 is 2.78 bits per heavy atom. The van der Waals surface area contributed by atoms with Crippen LogP contribution in [-0.4, -0.2) is 16.1 Å². The summed E-state index contributed by atoms with van der Waals surface area (Å²) in [6.07, 6.45) is 7.25. The molecule has 0 bridgehead atoms. The standard InChI is InChI=1S/C18H15N3OS/c1-13(10-14-6-3-2-4-7-14)11-16-17(22)21-18(23-16)20-15-8-5-9-19-12-15/h2-12H,1H3,(H,20,21,22)/b13-10-,16-11+. The fourth-order valence-electron chi connectivity index (χ4n) is 2.08. The van der Waals surface area contributed by atoms with Gasteiger partial charge in [-0.2, -0.15) is 0 Å². The van der Waals surface area contributed by atoms with Crippen molar-refractivity contribution in [3.05, 3.63) is 77.0 Å². The van der Waals surface area contributed by atoms with E-state index in [0.29, 0.717) is 15.8 Å². The molecule has 1 saturated heterocycles. The number of nitrogens with zero attached hydrogens (tertiary/aromatic N) is 2. The van der Waals surface area contributed by atoms with Crippen LogP contribution in [0.4, 0.5) is 5.69 Å². The van der Waals surface area contributed by atoms with Gasteiger partial charge < -0.3 is 5.32 Å². The van der Waals surface area contributed by atoms with Crippen LogP contribution >= 0.6 is 11.8 Å². The number of hydrogen-bond acceptors (Lipinski definition) is 4. The van der Waals surface area contributed by atoms with Gasteiger partial charge in [-0.1, -0.05) is 36.4 Å².